The summed E-state index contributed by atoms with van der Waals surface area (Å²) < 4.78 is 10.4. The van der Waals surface area contributed by atoms with Gasteiger partial charge in [0.25, 0.3) is 0 Å². The Labute approximate surface area is 209 Å². The molecule has 2 fully saturated rings. The quantitative estimate of drug-likeness (QED) is 0.307. The fourth-order valence-electron chi connectivity index (χ4n) is 4.70. The largest absolute Gasteiger partial charge is 0.466 e. The molecule has 2 rings (SSSR count). The van der Waals surface area contributed by atoms with Crippen molar-refractivity contribution in [1.29, 1.82) is 0 Å². The Morgan fingerprint density at radius 1 is 1.06 bits per heavy atom. The highest BCUT2D eigenvalue weighted by molar-refractivity contribution is 5.69. The van der Waals surface area contributed by atoms with Crippen LogP contribution in [-0.2, 0) is 14.3 Å². The van der Waals surface area contributed by atoms with E-state index < -0.39 is 0 Å². The van der Waals surface area contributed by atoms with Crippen molar-refractivity contribution in [2.75, 3.05) is 72.7 Å². The third-order valence-corrected chi connectivity index (χ3v) is 6.63. The lowest BCUT2D eigenvalue weighted by Gasteiger charge is -2.41. The van der Waals surface area contributed by atoms with Crippen LogP contribution in [0.5, 0.6) is 0 Å². The molecule has 2 aliphatic rings. The average Bonchev–Trinajstić information content (AvgIpc) is 3.08. The van der Waals surface area contributed by atoms with E-state index in [1.165, 1.54) is 5.57 Å². The third-order valence-electron chi connectivity index (χ3n) is 6.63. The highest BCUT2D eigenvalue weighted by Crippen LogP contribution is 2.23. The Hall–Kier alpha value is -1.47. The first-order valence-corrected chi connectivity index (χ1v) is 13.4. The number of hydrogen-bond acceptors (Lipinski definition) is 6. The number of piperazine rings is 1. The van der Waals surface area contributed by atoms with E-state index in [4.69, 9.17) is 9.47 Å². The zero-order valence-electron chi connectivity index (χ0n) is 22.6. The minimum Gasteiger partial charge on any atom is -0.466 e. The van der Waals surface area contributed by atoms with E-state index in [2.05, 4.69) is 39.5 Å². The van der Waals surface area contributed by atoms with Gasteiger partial charge in [-0.3, -0.25) is 14.6 Å². The van der Waals surface area contributed by atoms with Crippen molar-refractivity contribution in [2.45, 2.75) is 59.4 Å². The lowest BCUT2D eigenvalue weighted by Crippen LogP contribution is -2.54. The molecule has 2 unspecified atom stereocenters. The van der Waals surface area contributed by atoms with Gasteiger partial charge >= 0.3 is 5.97 Å². The average molecular weight is 478 g/mol. The summed E-state index contributed by atoms with van der Waals surface area (Å²) in [5, 5.41) is 0. The minimum absolute atomic E-state index is 0.0438. The lowest BCUT2D eigenvalue weighted by molar-refractivity contribution is -0.144. The van der Waals surface area contributed by atoms with Crippen molar-refractivity contribution in [3.63, 3.8) is 0 Å². The van der Waals surface area contributed by atoms with E-state index in [0.29, 0.717) is 25.0 Å². The number of ether oxygens (including phenoxy) is 2. The first-order chi connectivity index (χ1) is 16.6. The van der Waals surface area contributed by atoms with E-state index in [9.17, 15) is 4.79 Å². The molecule has 0 aromatic rings. The van der Waals surface area contributed by atoms with Crippen LogP contribution >= 0.6 is 0 Å². The molecule has 0 saturated carbocycles. The number of allylic oxidation sites excluding steroid dienone is 3. The highest BCUT2D eigenvalue weighted by Gasteiger charge is 2.28. The van der Waals surface area contributed by atoms with Crippen LogP contribution in [0.25, 0.3) is 0 Å². The topological polar surface area (TPSA) is 45.2 Å². The first-order valence-electron chi connectivity index (χ1n) is 13.4. The lowest BCUT2D eigenvalue weighted by atomic mass is 9.97. The number of hydrogen-bond donors (Lipinski definition) is 0. The van der Waals surface area contributed by atoms with Gasteiger partial charge < -0.3 is 14.4 Å². The molecule has 34 heavy (non-hydrogen) atoms. The van der Waals surface area contributed by atoms with Crippen LogP contribution in [0.2, 0.25) is 0 Å². The van der Waals surface area contributed by atoms with Gasteiger partial charge in [-0.15, -0.1) is 0 Å². The smallest absolute Gasteiger partial charge is 0.306 e. The molecule has 2 aliphatic heterocycles. The zero-order valence-corrected chi connectivity index (χ0v) is 22.6. The maximum absolute atomic E-state index is 11.9. The molecule has 0 aromatic carbocycles. The molecule has 0 radical (unpaired) electrons. The van der Waals surface area contributed by atoms with Crippen molar-refractivity contribution >= 4 is 5.97 Å². The SMILES string of the molecule is C=C(/C=C\C=C/C)C(CN1CCCC(CC(=O)OCC)CC1)N1CCN(CCOC)CC1.CC. The van der Waals surface area contributed by atoms with Gasteiger partial charge in [-0.2, -0.15) is 0 Å². The summed E-state index contributed by atoms with van der Waals surface area (Å²) in [6.07, 6.45) is 12.3. The number of rotatable bonds is 12. The van der Waals surface area contributed by atoms with Crippen LogP contribution in [0.1, 0.15) is 53.4 Å². The number of esters is 1. The maximum Gasteiger partial charge on any atom is 0.306 e. The minimum atomic E-state index is -0.0438. The molecule has 2 saturated heterocycles. The van der Waals surface area contributed by atoms with Gasteiger partial charge in [-0.1, -0.05) is 44.7 Å². The van der Waals surface area contributed by atoms with Crippen LogP contribution in [-0.4, -0.2) is 99.4 Å². The Kier molecular flexibility index (Phi) is 16.9. The predicted molar refractivity (Wildman–Crippen MR) is 143 cm³/mol. The zero-order chi connectivity index (χ0) is 25.2. The highest BCUT2D eigenvalue weighted by atomic mass is 16.5. The van der Waals surface area contributed by atoms with Gasteiger partial charge in [0.2, 0.25) is 0 Å². The van der Waals surface area contributed by atoms with E-state index in [0.717, 1.165) is 78.2 Å². The second kappa shape index (κ2) is 18.8. The molecule has 6 heteroatoms. The molecular weight excluding hydrogens is 426 g/mol. The number of nitrogens with zero attached hydrogens (tertiary/aromatic N) is 3. The molecule has 2 heterocycles. The molecule has 196 valence electrons. The van der Waals surface area contributed by atoms with Crippen LogP contribution in [0.4, 0.5) is 0 Å². The molecule has 0 spiro atoms. The normalized spacial score (nSPS) is 21.7. The molecule has 0 N–H and O–H groups in total. The van der Waals surface area contributed by atoms with Gasteiger partial charge in [0.15, 0.2) is 0 Å². The Morgan fingerprint density at radius 3 is 2.44 bits per heavy atom. The molecule has 6 nitrogen and oxygen atoms in total. The monoisotopic (exact) mass is 477 g/mol. The van der Waals surface area contributed by atoms with Crippen LogP contribution in [0.3, 0.4) is 0 Å². The van der Waals surface area contributed by atoms with Crippen LogP contribution < -0.4 is 0 Å². The fraction of sp³-hybridized carbons (Fsp3) is 0.750. The number of carbonyl (C=O) groups is 1. The molecular formula is C28H51N3O3. The summed E-state index contributed by atoms with van der Waals surface area (Å²) in [5.74, 6) is 0.400. The third kappa shape index (κ3) is 11.8. The van der Waals surface area contributed by atoms with E-state index >= 15 is 0 Å². The Balaban J connectivity index is 0.00000281. The number of methoxy groups -OCH3 is 1. The summed E-state index contributed by atoms with van der Waals surface area (Å²) in [6, 6.07) is 0.322. The predicted octanol–water partition coefficient (Wildman–Crippen LogP) is 4.39. The molecule has 0 bridgehead atoms. The Bertz CT molecular complexity index is 612. The molecule has 0 aromatic heterocycles. The number of likely N-dealkylation sites (tertiary alicyclic amines) is 1. The summed E-state index contributed by atoms with van der Waals surface area (Å²) in [4.78, 5) is 19.6. The summed E-state index contributed by atoms with van der Waals surface area (Å²) >= 11 is 0. The molecule has 0 amide bonds. The van der Waals surface area contributed by atoms with E-state index in [1.54, 1.807) is 7.11 Å². The van der Waals surface area contributed by atoms with Crippen molar-refractivity contribution in [2.24, 2.45) is 5.92 Å². The van der Waals surface area contributed by atoms with Gasteiger partial charge in [0, 0.05) is 58.8 Å². The standard InChI is InChI=1S/C26H45N3O3.C2H6/c1-5-7-8-10-23(3)25(29-17-15-27(16-18-29)19-20-31-4)22-28-13-9-11-24(12-14-28)21-26(30)32-6-2;1-2/h5,7-8,10,24-25H,3,6,9,11-22H2,1-2,4H3;1-2H3/b7-5-,10-8-;. The van der Waals surface area contributed by atoms with Gasteiger partial charge in [0.1, 0.15) is 0 Å². The van der Waals surface area contributed by atoms with Gasteiger partial charge in [-0.05, 0) is 57.7 Å². The van der Waals surface area contributed by atoms with Crippen LogP contribution in [0, 0.1) is 5.92 Å². The van der Waals surface area contributed by atoms with Crippen molar-refractivity contribution in [3.8, 4) is 0 Å². The maximum atomic E-state index is 11.9. The second-order valence-electron chi connectivity index (χ2n) is 8.95. The van der Waals surface area contributed by atoms with Crippen LogP contribution in [0.15, 0.2) is 36.5 Å². The second-order valence-corrected chi connectivity index (χ2v) is 8.95. The summed E-state index contributed by atoms with van der Waals surface area (Å²) in [6.45, 7) is 22.0. The van der Waals surface area contributed by atoms with Gasteiger partial charge in [-0.25, -0.2) is 0 Å². The molecule has 2 atom stereocenters. The first kappa shape index (κ1) is 30.6. The molecule has 0 aliphatic carbocycles. The van der Waals surface area contributed by atoms with Crippen molar-refractivity contribution < 1.29 is 14.3 Å². The van der Waals surface area contributed by atoms with E-state index in [1.807, 2.05) is 33.8 Å². The summed E-state index contributed by atoms with van der Waals surface area (Å²) in [5.41, 5.74) is 1.18. The van der Waals surface area contributed by atoms with Crippen molar-refractivity contribution in [1.82, 2.24) is 14.7 Å². The summed E-state index contributed by atoms with van der Waals surface area (Å²) in [7, 11) is 1.77. The fourth-order valence-corrected chi connectivity index (χ4v) is 4.70. The van der Waals surface area contributed by atoms with Crippen molar-refractivity contribution in [3.05, 3.63) is 36.5 Å². The van der Waals surface area contributed by atoms with E-state index in [-0.39, 0.29) is 5.97 Å². The van der Waals surface area contributed by atoms with Gasteiger partial charge in [0.05, 0.1) is 13.2 Å². The Morgan fingerprint density at radius 2 is 1.79 bits per heavy atom. The number of carbonyl (C=O) groups excluding carboxylic acids is 1.